The van der Waals surface area contributed by atoms with E-state index in [0.717, 1.165) is 60.7 Å². The van der Waals surface area contributed by atoms with Crippen molar-refractivity contribution in [2.24, 2.45) is 0 Å². The van der Waals surface area contributed by atoms with Crippen molar-refractivity contribution in [3.63, 3.8) is 0 Å². The summed E-state index contributed by atoms with van der Waals surface area (Å²) in [6, 6.07) is 18.0. The minimum absolute atomic E-state index is 0.293. The molecule has 1 fully saturated rings. The second-order valence-corrected chi connectivity index (χ2v) is 11.2. The number of benzene rings is 2. The van der Waals surface area contributed by atoms with Gasteiger partial charge in [-0.2, -0.15) is 5.10 Å². The van der Waals surface area contributed by atoms with Gasteiger partial charge in [0, 0.05) is 56.1 Å². The van der Waals surface area contributed by atoms with Gasteiger partial charge in [-0.3, -0.25) is 14.6 Å². The van der Waals surface area contributed by atoms with Crippen molar-refractivity contribution in [2.75, 3.05) is 60.2 Å². The first kappa shape index (κ1) is 29.9. The van der Waals surface area contributed by atoms with Crippen LogP contribution in [-0.4, -0.2) is 75.4 Å². The summed E-state index contributed by atoms with van der Waals surface area (Å²) in [7, 11) is 1.63. The molecule has 232 valence electrons. The van der Waals surface area contributed by atoms with E-state index in [9.17, 15) is 4.79 Å². The number of aromatic nitrogens is 5. The summed E-state index contributed by atoms with van der Waals surface area (Å²) in [6.45, 7) is 11.0. The van der Waals surface area contributed by atoms with Gasteiger partial charge in [0.1, 0.15) is 23.8 Å². The minimum Gasteiger partial charge on any atom is -0.367 e. The fourth-order valence-electron chi connectivity index (χ4n) is 5.68. The summed E-state index contributed by atoms with van der Waals surface area (Å²) >= 11 is 0. The molecule has 1 aliphatic rings. The number of carbonyl (C=O) groups excluding carboxylic acids is 1. The third kappa shape index (κ3) is 6.55. The van der Waals surface area contributed by atoms with Gasteiger partial charge in [0.25, 0.3) is 0 Å². The van der Waals surface area contributed by atoms with E-state index in [2.05, 4.69) is 42.3 Å². The Morgan fingerprint density at radius 2 is 1.80 bits per heavy atom. The zero-order valence-corrected chi connectivity index (χ0v) is 26.0. The van der Waals surface area contributed by atoms with Crippen LogP contribution in [0.15, 0.2) is 67.0 Å². The molecular weight excluding hydrogens is 571 g/mol. The number of likely N-dealkylation sites (N-methyl/N-ethyl adjacent to an activating group) is 1. The summed E-state index contributed by atoms with van der Waals surface area (Å²) in [5, 5.41) is 11.7. The Morgan fingerprint density at radius 1 is 1.00 bits per heavy atom. The highest BCUT2D eigenvalue weighted by molar-refractivity contribution is 6.07. The highest BCUT2D eigenvalue weighted by Crippen LogP contribution is 2.29. The number of urea groups is 1. The number of halogens is 1. The molecule has 11 nitrogen and oxygen atoms in total. The Morgan fingerprint density at radius 3 is 2.56 bits per heavy atom. The second kappa shape index (κ2) is 12.9. The van der Waals surface area contributed by atoms with Crippen LogP contribution in [0.25, 0.3) is 10.9 Å². The quantitative estimate of drug-likeness (QED) is 0.235. The van der Waals surface area contributed by atoms with Gasteiger partial charge in [-0.15, -0.1) is 0 Å². The third-order valence-corrected chi connectivity index (χ3v) is 8.13. The number of aryl methyl sites for hydroxylation is 2. The lowest BCUT2D eigenvalue weighted by atomic mass is 10.1. The molecule has 0 unspecified atom stereocenters. The summed E-state index contributed by atoms with van der Waals surface area (Å²) in [5.74, 6) is 0.520. The number of hydrogen-bond donors (Lipinski definition) is 2. The number of pyridine rings is 1. The molecule has 0 aliphatic carbocycles. The largest absolute Gasteiger partial charge is 0.367 e. The van der Waals surface area contributed by atoms with Gasteiger partial charge in [0.2, 0.25) is 0 Å². The number of piperazine rings is 1. The van der Waals surface area contributed by atoms with Crippen LogP contribution >= 0.6 is 0 Å². The number of carbonyl (C=O) groups is 1. The fourth-order valence-corrected chi connectivity index (χ4v) is 5.68. The molecule has 5 aromatic rings. The van der Waals surface area contributed by atoms with Crippen molar-refractivity contribution >= 4 is 45.6 Å². The first-order chi connectivity index (χ1) is 21.8. The van der Waals surface area contributed by atoms with Gasteiger partial charge in [0.15, 0.2) is 0 Å². The Labute approximate surface area is 261 Å². The zero-order chi connectivity index (χ0) is 31.5. The number of hydrogen-bond acceptors (Lipinski definition) is 8. The van der Waals surface area contributed by atoms with Crippen LogP contribution in [-0.2, 0) is 6.54 Å². The second-order valence-electron chi connectivity index (χ2n) is 11.2. The minimum atomic E-state index is -0.377. The van der Waals surface area contributed by atoms with Gasteiger partial charge in [-0.1, -0.05) is 19.1 Å². The van der Waals surface area contributed by atoms with E-state index in [-0.39, 0.29) is 11.8 Å². The lowest BCUT2D eigenvalue weighted by Gasteiger charge is -2.35. The SMILES string of the molecule is CCN1CCN(c2ccc(Nc3cc(N(C)C(=O)Nc4cccc5c4c(C)nn5Cc4cccc(C)n4)ncn3)cc2F)CC1. The van der Waals surface area contributed by atoms with E-state index in [1.807, 2.05) is 61.0 Å². The van der Waals surface area contributed by atoms with Gasteiger partial charge in [-0.25, -0.2) is 19.2 Å². The normalized spacial score (nSPS) is 13.7. The molecule has 0 spiro atoms. The maximum absolute atomic E-state index is 15.1. The number of amides is 2. The molecule has 45 heavy (non-hydrogen) atoms. The van der Waals surface area contributed by atoms with Crippen LogP contribution in [0, 0.1) is 19.7 Å². The maximum Gasteiger partial charge on any atom is 0.327 e. The van der Waals surface area contributed by atoms with Crippen molar-refractivity contribution in [1.29, 1.82) is 0 Å². The lowest BCUT2D eigenvalue weighted by Crippen LogP contribution is -2.46. The van der Waals surface area contributed by atoms with Crippen LogP contribution in [0.1, 0.15) is 24.0 Å². The van der Waals surface area contributed by atoms with Crippen LogP contribution < -0.4 is 20.4 Å². The maximum atomic E-state index is 15.1. The molecule has 2 aromatic carbocycles. The summed E-state index contributed by atoms with van der Waals surface area (Å²) in [6.07, 6.45) is 1.37. The lowest BCUT2D eigenvalue weighted by molar-refractivity contribution is 0.258. The van der Waals surface area contributed by atoms with Gasteiger partial charge >= 0.3 is 6.03 Å². The van der Waals surface area contributed by atoms with Gasteiger partial charge in [0.05, 0.1) is 34.8 Å². The Hall–Kier alpha value is -5.10. The number of nitrogens with one attached hydrogen (secondary N) is 2. The molecule has 1 aliphatic heterocycles. The van der Waals surface area contributed by atoms with Crippen molar-refractivity contribution in [3.8, 4) is 0 Å². The average molecular weight is 609 g/mol. The first-order valence-electron chi connectivity index (χ1n) is 15.1. The van der Waals surface area contributed by atoms with Crippen LogP contribution in [0.5, 0.6) is 0 Å². The molecule has 6 rings (SSSR count). The zero-order valence-electron chi connectivity index (χ0n) is 26.0. The Bertz CT molecular complexity index is 1830. The van der Waals surface area contributed by atoms with E-state index in [1.54, 1.807) is 19.2 Å². The summed E-state index contributed by atoms with van der Waals surface area (Å²) < 4.78 is 17.0. The van der Waals surface area contributed by atoms with Crippen molar-refractivity contribution < 1.29 is 9.18 Å². The highest BCUT2D eigenvalue weighted by atomic mass is 19.1. The predicted molar refractivity (Wildman–Crippen MR) is 176 cm³/mol. The standard InChI is InChI=1S/C33H37FN10O/c1-5-42-14-16-43(17-15-42)28-13-12-24(18-26(28)34)38-30-19-31(36-21-35-30)41(4)33(45)39-27-10-7-11-29-32(27)23(3)40-44(29)20-25-9-6-8-22(2)37-25/h6-13,18-19,21H,5,14-17,20H2,1-4H3,(H,39,45)(H,35,36,38). The topological polar surface area (TPSA) is 107 Å². The summed E-state index contributed by atoms with van der Waals surface area (Å²) in [4.78, 5) is 32.4. The van der Waals surface area contributed by atoms with Gasteiger partial charge in [-0.05, 0) is 62.9 Å². The third-order valence-electron chi connectivity index (χ3n) is 8.13. The molecule has 12 heteroatoms. The van der Waals surface area contributed by atoms with Crippen molar-refractivity contribution in [1.82, 2.24) is 29.6 Å². The molecule has 2 amide bonds. The predicted octanol–water partition coefficient (Wildman–Crippen LogP) is 5.58. The molecule has 0 atom stereocenters. The fraction of sp³-hybridized carbons (Fsp3) is 0.303. The monoisotopic (exact) mass is 608 g/mol. The van der Waals surface area contributed by atoms with Crippen LogP contribution in [0.3, 0.4) is 0 Å². The summed E-state index contributed by atoms with van der Waals surface area (Å²) in [5.41, 5.74) is 5.34. The first-order valence-corrected chi connectivity index (χ1v) is 15.1. The number of nitrogens with zero attached hydrogens (tertiary/aromatic N) is 8. The molecule has 1 saturated heterocycles. The van der Waals surface area contributed by atoms with E-state index in [1.165, 1.54) is 17.3 Å². The van der Waals surface area contributed by atoms with Crippen molar-refractivity contribution in [3.05, 3.63) is 89.9 Å². The van der Waals surface area contributed by atoms with E-state index in [0.29, 0.717) is 35.2 Å². The van der Waals surface area contributed by atoms with E-state index >= 15 is 4.39 Å². The molecule has 0 saturated carbocycles. The van der Waals surface area contributed by atoms with Crippen LogP contribution in [0.2, 0.25) is 0 Å². The molecule has 4 heterocycles. The molecule has 0 radical (unpaired) electrons. The van der Waals surface area contributed by atoms with Crippen molar-refractivity contribution in [2.45, 2.75) is 27.3 Å². The molecule has 0 bridgehead atoms. The van der Waals surface area contributed by atoms with Crippen LogP contribution in [0.4, 0.5) is 37.9 Å². The van der Waals surface area contributed by atoms with E-state index < -0.39 is 0 Å². The van der Waals surface area contributed by atoms with Gasteiger partial charge < -0.3 is 20.4 Å². The molecule has 3 aromatic heterocycles. The average Bonchev–Trinajstić information content (AvgIpc) is 3.36. The Kier molecular flexibility index (Phi) is 8.56. The number of anilines is 5. The molecular formula is C33H37FN10O. The number of fused-ring (bicyclic) bond motifs is 1. The Balaban J connectivity index is 1.14. The molecule has 2 N–H and O–H groups in total. The highest BCUT2D eigenvalue weighted by Gasteiger charge is 2.20. The smallest absolute Gasteiger partial charge is 0.327 e. The number of rotatable bonds is 8. The van der Waals surface area contributed by atoms with E-state index in [4.69, 9.17) is 5.10 Å².